The molecule has 0 aliphatic carbocycles. The van der Waals surface area contributed by atoms with Gasteiger partial charge in [0.1, 0.15) is 0 Å². The Morgan fingerprint density at radius 2 is 1.32 bits per heavy atom. The summed E-state index contributed by atoms with van der Waals surface area (Å²) in [6.07, 6.45) is 10.6. The Bertz CT molecular complexity index is 378. The summed E-state index contributed by atoms with van der Waals surface area (Å²) < 4.78 is 4.32. The van der Waals surface area contributed by atoms with Crippen molar-refractivity contribution in [3.8, 4) is 0 Å². The highest BCUT2D eigenvalue weighted by molar-refractivity contribution is 4.90. The summed E-state index contributed by atoms with van der Waals surface area (Å²) >= 11 is 0. The van der Waals surface area contributed by atoms with Crippen molar-refractivity contribution in [3.63, 3.8) is 0 Å². The largest absolute Gasteiger partial charge is 0.354 e. The molecule has 0 saturated carbocycles. The Morgan fingerprint density at radius 3 is 1.74 bits per heavy atom. The molecule has 2 aromatic rings. The number of hydrogen-bond acceptors (Lipinski definition) is 2. The fourth-order valence-corrected chi connectivity index (χ4v) is 1.75. The van der Waals surface area contributed by atoms with Crippen molar-refractivity contribution in [2.24, 2.45) is 5.73 Å². The van der Waals surface area contributed by atoms with Crippen molar-refractivity contribution >= 4 is 0 Å². The molecule has 0 spiro atoms. The van der Waals surface area contributed by atoms with E-state index < -0.39 is 0 Å². The summed E-state index contributed by atoms with van der Waals surface area (Å²) in [5, 5.41) is 3.12. The number of rotatable bonds is 7. The third-order valence-corrected chi connectivity index (χ3v) is 2.80. The van der Waals surface area contributed by atoms with Crippen molar-refractivity contribution in [2.45, 2.75) is 25.9 Å². The molecule has 0 radical (unpaired) electrons. The van der Waals surface area contributed by atoms with Crippen LogP contribution >= 0.6 is 0 Å². The lowest BCUT2D eigenvalue weighted by Crippen LogP contribution is -2.10. The van der Waals surface area contributed by atoms with E-state index in [9.17, 15) is 0 Å². The Balaban J connectivity index is 0.000000191. The van der Waals surface area contributed by atoms with Gasteiger partial charge in [0, 0.05) is 37.9 Å². The Morgan fingerprint density at radius 1 is 0.842 bits per heavy atom. The zero-order valence-electron chi connectivity index (χ0n) is 11.8. The predicted octanol–water partition coefficient (Wildman–Crippen LogP) is 1.93. The van der Waals surface area contributed by atoms with Crippen molar-refractivity contribution < 1.29 is 0 Å². The van der Waals surface area contributed by atoms with E-state index in [1.54, 1.807) is 0 Å². The Labute approximate surface area is 116 Å². The van der Waals surface area contributed by atoms with Gasteiger partial charge in [-0.1, -0.05) is 0 Å². The fraction of sp³-hybridized carbons (Fsp3) is 0.467. The van der Waals surface area contributed by atoms with Gasteiger partial charge in [-0.15, -0.1) is 0 Å². The predicted molar refractivity (Wildman–Crippen MR) is 81.1 cm³/mol. The number of nitrogens with two attached hydrogens (primary N) is 1. The SMILES string of the molecule is CNCCCn1cccc1.NCCCn1cccc1. The van der Waals surface area contributed by atoms with E-state index in [0.717, 1.165) is 32.6 Å². The van der Waals surface area contributed by atoms with E-state index in [0.29, 0.717) is 0 Å². The summed E-state index contributed by atoms with van der Waals surface area (Å²) in [6, 6.07) is 8.16. The molecule has 4 nitrogen and oxygen atoms in total. The summed E-state index contributed by atoms with van der Waals surface area (Å²) in [4.78, 5) is 0. The van der Waals surface area contributed by atoms with Gasteiger partial charge >= 0.3 is 0 Å². The molecule has 106 valence electrons. The van der Waals surface area contributed by atoms with Gasteiger partial charge in [-0.25, -0.2) is 0 Å². The smallest absolute Gasteiger partial charge is 0.0231 e. The Hall–Kier alpha value is -1.52. The number of hydrogen-bond donors (Lipinski definition) is 2. The average molecular weight is 262 g/mol. The van der Waals surface area contributed by atoms with Crippen molar-refractivity contribution in [3.05, 3.63) is 49.1 Å². The second-order valence-electron chi connectivity index (χ2n) is 4.44. The molecular weight excluding hydrogens is 236 g/mol. The lowest BCUT2D eigenvalue weighted by molar-refractivity contribution is 0.615. The van der Waals surface area contributed by atoms with Crippen LogP contribution in [0.2, 0.25) is 0 Å². The van der Waals surface area contributed by atoms with Crippen molar-refractivity contribution in [2.75, 3.05) is 20.1 Å². The molecule has 0 aromatic carbocycles. The van der Waals surface area contributed by atoms with E-state index in [4.69, 9.17) is 5.73 Å². The molecule has 0 fully saturated rings. The molecule has 19 heavy (non-hydrogen) atoms. The molecule has 0 aliphatic heterocycles. The minimum absolute atomic E-state index is 0.776. The van der Waals surface area contributed by atoms with Crippen molar-refractivity contribution in [1.82, 2.24) is 14.5 Å². The highest BCUT2D eigenvalue weighted by atomic mass is 14.9. The lowest BCUT2D eigenvalue weighted by atomic mass is 10.4. The van der Waals surface area contributed by atoms with Crippen LogP contribution in [0, 0.1) is 0 Å². The van der Waals surface area contributed by atoms with Crippen LogP contribution in [0.25, 0.3) is 0 Å². The van der Waals surface area contributed by atoms with Gasteiger partial charge in [0.2, 0.25) is 0 Å². The van der Waals surface area contributed by atoms with Gasteiger partial charge in [-0.05, 0) is 57.2 Å². The van der Waals surface area contributed by atoms with Gasteiger partial charge in [-0.2, -0.15) is 0 Å². The molecule has 3 N–H and O–H groups in total. The third kappa shape index (κ3) is 7.49. The van der Waals surface area contributed by atoms with Crippen LogP contribution in [-0.2, 0) is 13.1 Å². The molecule has 0 amide bonds. The maximum Gasteiger partial charge on any atom is 0.0231 e. The lowest BCUT2D eigenvalue weighted by Gasteiger charge is -2.00. The van der Waals surface area contributed by atoms with Crippen LogP contribution in [0.3, 0.4) is 0 Å². The standard InChI is InChI=1S/C8H14N2.C7H12N2/c1-9-5-4-8-10-6-2-3-7-10;8-4-3-7-9-5-1-2-6-9/h2-3,6-7,9H,4-5,8H2,1H3;1-2,5-6H,3-4,7-8H2. The van der Waals surface area contributed by atoms with E-state index >= 15 is 0 Å². The zero-order valence-corrected chi connectivity index (χ0v) is 11.8. The Kier molecular flexibility index (Phi) is 8.51. The molecule has 0 bridgehead atoms. The number of nitrogens with zero attached hydrogens (tertiary/aromatic N) is 2. The minimum atomic E-state index is 0.776. The normalized spacial score (nSPS) is 10.0. The van der Waals surface area contributed by atoms with Crippen molar-refractivity contribution in [1.29, 1.82) is 0 Å². The minimum Gasteiger partial charge on any atom is -0.354 e. The van der Waals surface area contributed by atoms with Crippen LogP contribution in [0.1, 0.15) is 12.8 Å². The quantitative estimate of drug-likeness (QED) is 0.749. The molecule has 0 unspecified atom stereocenters. The summed E-state index contributed by atoms with van der Waals surface area (Å²) in [5.41, 5.74) is 5.33. The van der Waals surface area contributed by atoms with E-state index in [2.05, 4.69) is 51.4 Å². The second-order valence-corrected chi connectivity index (χ2v) is 4.44. The highest BCUT2D eigenvalue weighted by Crippen LogP contribution is 1.91. The summed E-state index contributed by atoms with van der Waals surface area (Å²) in [5.74, 6) is 0. The number of aromatic nitrogens is 2. The van der Waals surface area contributed by atoms with E-state index in [-0.39, 0.29) is 0 Å². The van der Waals surface area contributed by atoms with Gasteiger partial charge in [-0.3, -0.25) is 0 Å². The van der Waals surface area contributed by atoms with Crippen LogP contribution in [-0.4, -0.2) is 29.3 Å². The van der Waals surface area contributed by atoms with Crippen LogP contribution in [0.5, 0.6) is 0 Å². The highest BCUT2D eigenvalue weighted by Gasteiger charge is 1.86. The maximum atomic E-state index is 5.33. The van der Waals surface area contributed by atoms with Crippen LogP contribution in [0.4, 0.5) is 0 Å². The molecule has 0 atom stereocenters. The van der Waals surface area contributed by atoms with Gasteiger partial charge in [0.05, 0.1) is 0 Å². The third-order valence-electron chi connectivity index (χ3n) is 2.80. The first-order valence-corrected chi connectivity index (χ1v) is 6.93. The first kappa shape index (κ1) is 15.5. The van der Waals surface area contributed by atoms with Crippen LogP contribution < -0.4 is 11.1 Å². The monoisotopic (exact) mass is 262 g/mol. The van der Waals surface area contributed by atoms with E-state index in [1.165, 1.54) is 6.42 Å². The molecule has 0 aliphatic rings. The first-order valence-electron chi connectivity index (χ1n) is 6.93. The van der Waals surface area contributed by atoms with Gasteiger partial charge in [0.25, 0.3) is 0 Å². The molecule has 4 heteroatoms. The van der Waals surface area contributed by atoms with Gasteiger partial charge < -0.3 is 20.2 Å². The van der Waals surface area contributed by atoms with Gasteiger partial charge in [0.15, 0.2) is 0 Å². The summed E-state index contributed by atoms with van der Waals surface area (Å²) in [7, 11) is 1.98. The molecular formula is C15H26N4. The van der Waals surface area contributed by atoms with Crippen LogP contribution in [0.15, 0.2) is 49.1 Å². The molecule has 0 saturated heterocycles. The molecule has 2 heterocycles. The first-order chi connectivity index (χ1) is 9.36. The zero-order chi connectivity index (χ0) is 13.8. The molecule has 2 aromatic heterocycles. The second kappa shape index (κ2) is 10.4. The summed E-state index contributed by atoms with van der Waals surface area (Å²) in [6.45, 7) is 4.04. The fourth-order valence-electron chi connectivity index (χ4n) is 1.75. The topological polar surface area (TPSA) is 47.9 Å². The molecule has 2 rings (SSSR count). The van der Waals surface area contributed by atoms with E-state index in [1.807, 2.05) is 19.2 Å². The number of nitrogens with one attached hydrogen (secondary N) is 1. The maximum absolute atomic E-state index is 5.33. The number of aryl methyl sites for hydroxylation is 2. The average Bonchev–Trinajstić information content (AvgIpc) is 3.11.